The van der Waals surface area contributed by atoms with Crippen molar-refractivity contribution in [3.05, 3.63) is 54.0 Å². The van der Waals surface area contributed by atoms with Crippen molar-refractivity contribution in [1.29, 1.82) is 0 Å². The number of nitrogens with two attached hydrogens (primary N) is 1. The second-order valence-corrected chi connectivity index (χ2v) is 5.22. The quantitative estimate of drug-likeness (QED) is 0.731. The van der Waals surface area contributed by atoms with Crippen molar-refractivity contribution in [3.63, 3.8) is 0 Å². The van der Waals surface area contributed by atoms with E-state index in [0.717, 1.165) is 10.7 Å². The van der Waals surface area contributed by atoms with E-state index in [1.165, 1.54) is 12.1 Å². The van der Waals surface area contributed by atoms with E-state index in [1.54, 1.807) is 18.2 Å². The number of carbonyl (C=O) groups is 1. The fourth-order valence-corrected chi connectivity index (χ4v) is 2.34. The molecule has 1 atom stereocenters. The molecule has 0 aliphatic heterocycles. The van der Waals surface area contributed by atoms with Crippen LogP contribution < -0.4 is 16.4 Å². The number of benzene rings is 2. The van der Waals surface area contributed by atoms with Gasteiger partial charge in [0.25, 0.3) is 5.91 Å². The minimum absolute atomic E-state index is 0.0462. The predicted molar refractivity (Wildman–Crippen MR) is 83.8 cm³/mol. The van der Waals surface area contributed by atoms with Crippen LogP contribution in [0.2, 0.25) is 0 Å². The fraction of sp³-hybridized carbons (Fsp3) is 0. The van der Waals surface area contributed by atoms with E-state index in [-0.39, 0.29) is 11.6 Å². The maximum Gasteiger partial charge on any atom is 0.286 e. The molecule has 2 aromatic carbocycles. The zero-order valence-electron chi connectivity index (χ0n) is 10.9. The Morgan fingerprint density at radius 2 is 1.90 bits per heavy atom. The lowest BCUT2D eigenvalue weighted by Gasteiger charge is -2.05. The van der Waals surface area contributed by atoms with Crippen molar-refractivity contribution in [3.8, 4) is 0 Å². The van der Waals surface area contributed by atoms with Gasteiger partial charge in [0.2, 0.25) is 5.76 Å². The molecule has 106 valence electrons. The molecular formula is C15H12FN2O2P. The number of rotatable bonds is 3. The molecule has 0 radical (unpaired) electrons. The average molecular weight is 302 g/mol. The Morgan fingerprint density at radius 3 is 2.57 bits per heavy atom. The standard InChI is InChI=1S/C15H12FN2O2P/c16-8-1-3-9(4-2-8)18-13-11-6-5-10(21)7-12(11)20-14(13)15(17)19/h1-7,18H,21H2,(H2,17,19). The number of nitrogens with one attached hydrogen (secondary N) is 1. The molecule has 0 saturated heterocycles. The van der Waals surface area contributed by atoms with Gasteiger partial charge >= 0.3 is 0 Å². The summed E-state index contributed by atoms with van der Waals surface area (Å²) in [5.74, 6) is -0.952. The molecule has 3 N–H and O–H groups in total. The fourth-order valence-electron chi connectivity index (χ4n) is 2.09. The van der Waals surface area contributed by atoms with E-state index in [2.05, 4.69) is 14.6 Å². The Bertz CT molecular complexity index is 828. The number of fused-ring (bicyclic) bond motifs is 1. The van der Waals surface area contributed by atoms with Crippen LogP contribution in [0.1, 0.15) is 10.6 Å². The number of hydrogen-bond donors (Lipinski definition) is 2. The summed E-state index contributed by atoms with van der Waals surface area (Å²) in [4.78, 5) is 11.5. The average Bonchev–Trinajstić information content (AvgIpc) is 2.79. The molecule has 0 bridgehead atoms. The SMILES string of the molecule is NC(=O)c1oc2cc(P)ccc2c1Nc1ccc(F)cc1. The third-order valence-corrected chi connectivity index (χ3v) is 3.41. The minimum Gasteiger partial charge on any atom is -0.449 e. The Kier molecular flexibility index (Phi) is 3.35. The molecule has 4 nitrogen and oxygen atoms in total. The summed E-state index contributed by atoms with van der Waals surface area (Å²) in [6.07, 6.45) is 0. The van der Waals surface area contributed by atoms with Crippen LogP contribution in [0.25, 0.3) is 11.0 Å². The highest BCUT2D eigenvalue weighted by atomic mass is 31.0. The molecule has 0 spiro atoms. The number of hydrogen-bond acceptors (Lipinski definition) is 3. The van der Waals surface area contributed by atoms with Crippen LogP contribution in [-0.4, -0.2) is 5.91 Å². The second-order valence-electron chi connectivity index (χ2n) is 4.56. The van der Waals surface area contributed by atoms with Gasteiger partial charge < -0.3 is 15.5 Å². The summed E-state index contributed by atoms with van der Waals surface area (Å²) in [5.41, 5.74) is 7.03. The second kappa shape index (κ2) is 5.19. The van der Waals surface area contributed by atoms with Gasteiger partial charge in [-0.25, -0.2) is 4.39 Å². The van der Waals surface area contributed by atoms with Gasteiger partial charge in [-0.3, -0.25) is 4.79 Å². The first-order valence-corrected chi connectivity index (χ1v) is 6.77. The van der Waals surface area contributed by atoms with Crippen molar-refractivity contribution >= 4 is 42.8 Å². The first-order chi connectivity index (χ1) is 10.0. The predicted octanol–water partition coefficient (Wildman–Crippen LogP) is 2.91. The maximum absolute atomic E-state index is 12.9. The number of amides is 1. The van der Waals surface area contributed by atoms with Gasteiger partial charge in [0.05, 0.1) is 5.69 Å². The van der Waals surface area contributed by atoms with Crippen molar-refractivity contribution in [1.82, 2.24) is 0 Å². The maximum atomic E-state index is 12.9. The molecule has 1 heterocycles. The Labute approximate surface area is 122 Å². The van der Waals surface area contributed by atoms with E-state index in [4.69, 9.17) is 10.2 Å². The number of carbonyl (C=O) groups excluding carboxylic acids is 1. The largest absolute Gasteiger partial charge is 0.449 e. The highest BCUT2D eigenvalue weighted by Crippen LogP contribution is 2.32. The molecular weight excluding hydrogens is 290 g/mol. The van der Waals surface area contributed by atoms with Crippen LogP contribution in [0.5, 0.6) is 0 Å². The van der Waals surface area contributed by atoms with Gasteiger partial charge in [-0.05, 0) is 41.7 Å². The van der Waals surface area contributed by atoms with Crippen molar-refractivity contribution in [2.24, 2.45) is 5.73 Å². The Balaban J connectivity index is 2.13. The molecule has 3 rings (SSSR count). The molecule has 1 amide bonds. The van der Waals surface area contributed by atoms with Crippen LogP contribution in [0.3, 0.4) is 0 Å². The molecule has 6 heteroatoms. The van der Waals surface area contributed by atoms with Crippen LogP contribution in [0.4, 0.5) is 15.8 Å². The summed E-state index contributed by atoms with van der Waals surface area (Å²) in [6.45, 7) is 0. The summed E-state index contributed by atoms with van der Waals surface area (Å²) in [7, 11) is 2.56. The Morgan fingerprint density at radius 1 is 1.19 bits per heavy atom. The zero-order chi connectivity index (χ0) is 15.0. The molecule has 3 aromatic rings. The molecule has 0 aliphatic carbocycles. The highest BCUT2D eigenvalue weighted by molar-refractivity contribution is 7.27. The third-order valence-electron chi connectivity index (χ3n) is 3.05. The highest BCUT2D eigenvalue weighted by Gasteiger charge is 2.18. The van der Waals surface area contributed by atoms with E-state index in [9.17, 15) is 9.18 Å². The summed E-state index contributed by atoms with van der Waals surface area (Å²) in [6, 6.07) is 11.3. The number of anilines is 2. The third kappa shape index (κ3) is 2.60. The first-order valence-electron chi connectivity index (χ1n) is 6.19. The van der Waals surface area contributed by atoms with Crippen LogP contribution in [-0.2, 0) is 0 Å². The molecule has 21 heavy (non-hydrogen) atoms. The van der Waals surface area contributed by atoms with Crippen LogP contribution >= 0.6 is 9.24 Å². The van der Waals surface area contributed by atoms with E-state index < -0.39 is 5.91 Å². The minimum atomic E-state index is -0.666. The van der Waals surface area contributed by atoms with Gasteiger partial charge in [0, 0.05) is 11.1 Å². The lowest BCUT2D eigenvalue weighted by Crippen LogP contribution is -2.11. The van der Waals surface area contributed by atoms with Gasteiger partial charge in [0.1, 0.15) is 11.4 Å². The van der Waals surface area contributed by atoms with E-state index in [1.807, 2.05) is 12.1 Å². The van der Waals surface area contributed by atoms with Crippen molar-refractivity contribution in [2.45, 2.75) is 0 Å². The van der Waals surface area contributed by atoms with E-state index >= 15 is 0 Å². The van der Waals surface area contributed by atoms with E-state index in [0.29, 0.717) is 17.0 Å². The van der Waals surface area contributed by atoms with Crippen LogP contribution in [0, 0.1) is 5.82 Å². The van der Waals surface area contributed by atoms with Gasteiger partial charge in [-0.2, -0.15) is 0 Å². The molecule has 0 aliphatic rings. The monoisotopic (exact) mass is 302 g/mol. The van der Waals surface area contributed by atoms with Gasteiger partial charge in [0.15, 0.2) is 0 Å². The number of halogens is 1. The number of primary amides is 1. The lowest BCUT2D eigenvalue weighted by atomic mass is 10.2. The summed E-state index contributed by atoms with van der Waals surface area (Å²) >= 11 is 0. The smallest absolute Gasteiger partial charge is 0.286 e. The lowest BCUT2D eigenvalue weighted by molar-refractivity contribution is 0.0977. The number of furan rings is 1. The zero-order valence-corrected chi connectivity index (χ0v) is 12.0. The molecule has 0 saturated carbocycles. The summed E-state index contributed by atoms with van der Waals surface area (Å²) < 4.78 is 18.5. The molecule has 1 aromatic heterocycles. The van der Waals surface area contributed by atoms with Crippen LogP contribution in [0.15, 0.2) is 46.9 Å². The normalized spacial score (nSPS) is 10.8. The molecule has 1 unspecified atom stereocenters. The topological polar surface area (TPSA) is 68.3 Å². The Hall–Kier alpha value is -2.39. The summed E-state index contributed by atoms with van der Waals surface area (Å²) in [5, 5.41) is 4.72. The van der Waals surface area contributed by atoms with Crippen molar-refractivity contribution < 1.29 is 13.6 Å². The first kappa shape index (κ1) is 13.6. The van der Waals surface area contributed by atoms with Gasteiger partial charge in [-0.15, -0.1) is 9.24 Å². The van der Waals surface area contributed by atoms with Crippen molar-refractivity contribution in [2.75, 3.05) is 5.32 Å². The molecule has 0 fully saturated rings. The van der Waals surface area contributed by atoms with Gasteiger partial charge in [-0.1, -0.05) is 6.07 Å².